The SMILES string of the molecule is CCCCN(CCCC)c1cc[n+](C23CC4CC(CC(C4)C2)C3)cc1.Cc1ccc(S(=O)(=O)[O-])cc1. The van der Waals surface area contributed by atoms with Crippen molar-refractivity contribution in [1.82, 2.24) is 0 Å². The van der Waals surface area contributed by atoms with Gasteiger partial charge in [-0.1, -0.05) is 44.4 Å². The molecule has 1 aromatic carbocycles. The molecule has 0 radical (unpaired) electrons. The summed E-state index contributed by atoms with van der Waals surface area (Å²) in [5, 5.41) is 0. The number of hydrogen-bond donors (Lipinski definition) is 0. The summed E-state index contributed by atoms with van der Waals surface area (Å²) in [7, 11) is -4.27. The lowest BCUT2D eigenvalue weighted by molar-refractivity contribution is -0.776. The molecule has 2 aromatic rings. The number of aryl methyl sites for hydroxylation is 1. The van der Waals surface area contributed by atoms with Gasteiger partial charge in [-0.15, -0.1) is 0 Å². The fourth-order valence-corrected chi connectivity index (χ4v) is 7.57. The lowest BCUT2D eigenvalue weighted by Gasteiger charge is -2.53. The molecule has 4 bridgehead atoms. The molecule has 4 saturated carbocycles. The number of anilines is 1. The predicted molar refractivity (Wildman–Crippen MR) is 144 cm³/mol. The van der Waals surface area contributed by atoms with Crippen LogP contribution in [-0.2, 0) is 15.7 Å². The average Bonchev–Trinajstić information content (AvgIpc) is 2.84. The van der Waals surface area contributed by atoms with E-state index in [1.54, 1.807) is 12.1 Å². The molecule has 1 heterocycles. The van der Waals surface area contributed by atoms with Crippen LogP contribution in [0.3, 0.4) is 0 Å². The summed E-state index contributed by atoms with van der Waals surface area (Å²) in [5.41, 5.74) is 2.82. The third-order valence-corrected chi connectivity index (χ3v) is 9.45. The van der Waals surface area contributed by atoms with Crippen molar-refractivity contribution < 1.29 is 17.5 Å². The molecule has 0 amide bonds. The van der Waals surface area contributed by atoms with Crippen LogP contribution in [-0.4, -0.2) is 26.1 Å². The second-order valence-electron chi connectivity index (χ2n) is 11.6. The molecule has 6 rings (SSSR count). The second-order valence-corrected chi connectivity index (χ2v) is 12.9. The van der Waals surface area contributed by atoms with E-state index in [0.717, 1.165) is 23.3 Å². The second kappa shape index (κ2) is 11.6. The maximum atomic E-state index is 10.4. The molecule has 0 unspecified atom stereocenters. The van der Waals surface area contributed by atoms with Crippen LogP contribution in [0.4, 0.5) is 5.69 Å². The monoisotopic (exact) mass is 512 g/mol. The molecule has 0 atom stereocenters. The number of rotatable bonds is 9. The van der Waals surface area contributed by atoms with Gasteiger partial charge in [0.1, 0.15) is 10.1 Å². The Morgan fingerprint density at radius 3 is 1.75 bits per heavy atom. The molecule has 0 N–H and O–H groups in total. The predicted octanol–water partition coefficient (Wildman–Crippen LogP) is 6.21. The molecule has 5 nitrogen and oxygen atoms in total. The molecule has 4 aliphatic carbocycles. The van der Waals surface area contributed by atoms with Crippen molar-refractivity contribution in [2.24, 2.45) is 17.8 Å². The van der Waals surface area contributed by atoms with Gasteiger partial charge in [0, 0.05) is 50.2 Å². The van der Waals surface area contributed by atoms with Gasteiger partial charge in [0.2, 0.25) is 0 Å². The van der Waals surface area contributed by atoms with Crippen molar-refractivity contribution in [3.8, 4) is 0 Å². The molecule has 0 spiro atoms. The number of unbranched alkanes of at least 4 members (excludes halogenated alkanes) is 2. The summed E-state index contributed by atoms with van der Waals surface area (Å²) in [6.07, 6.45) is 18.9. The summed E-state index contributed by atoms with van der Waals surface area (Å²) in [4.78, 5) is 2.43. The van der Waals surface area contributed by atoms with Crippen molar-refractivity contribution >= 4 is 15.8 Å². The minimum Gasteiger partial charge on any atom is -0.744 e. The molecule has 36 heavy (non-hydrogen) atoms. The van der Waals surface area contributed by atoms with E-state index < -0.39 is 10.1 Å². The maximum Gasteiger partial charge on any atom is 0.171 e. The van der Waals surface area contributed by atoms with Crippen molar-refractivity contribution in [3.05, 3.63) is 54.4 Å². The highest BCUT2D eigenvalue weighted by molar-refractivity contribution is 7.85. The van der Waals surface area contributed by atoms with Crippen LogP contribution in [0.25, 0.3) is 0 Å². The zero-order valence-electron chi connectivity index (χ0n) is 22.4. The molecule has 1 aromatic heterocycles. The number of benzene rings is 1. The summed E-state index contributed by atoms with van der Waals surface area (Å²) in [6.45, 7) is 8.82. The first-order valence-electron chi connectivity index (χ1n) is 14.0. The smallest absolute Gasteiger partial charge is 0.171 e. The van der Waals surface area contributed by atoms with Crippen molar-refractivity contribution in [3.63, 3.8) is 0 Å². The van der Waals surface area contributed by atoms with Crippen molar-refractivity contribution in [1.29, 1.82) is 0 Å². The molecule has 4 fully saturated rings. The van der Waals surface area contributed by atoms with Gasteiger partial charge in [0.25, 0.3) is 0 Å². The molecule has 6 heteroatoms. The normalized spacial score (nSPS) is 26.4. The highest BCUT2D eigenvalue weighted by atomic mass is 32.2. The molecule has 4 aliphatic rings. The Kier molecular flexibility index (Phi) is 8.77. The standard InChI is InChI=1S/C23H37N2.C7H8O3S/c1-3-5-9-24(10-6-4-2)22-7-11-25(12-8-22)23-16-19-13-20(17-23)15-21(14-19)18-23;1-6-2-4-7(5-3-6)11(8,9)10/h7-8,11-12,19-21H,3-6,9-10,13-18H2,1-2H3;2-5H,1H3,(H,8,9,10)/q+1;/p-1. The number of nitrogens with zero attached hydrogens (tertiary/aromatic N) is 2. The van der Waals surface area contributed by atoms with Gasteiger partial charge in [-0.3, -0.25) is 0 Å². The van der Waals surface area contributed by atoms with E-state index in [4.69, 9.17) is 0 Å². The Bertz CT molecular complexity index is 1040. The highest BCUT2D eigenvalue weighted by Gasteiger charge is 2.56. The highest BCUT2D eigenvalue weighted by Crippen LogP contribution is 2.56. The Balaban J connectivity index is 0.000000233. The minimum atomic E-state index is -4.27. The average molecular weight is 513 g/mol. The summed E-state index contributed by atoms with van der Waals surface area (Å²) in [5.74, 6) is 3.05. The molecular weight excluding hydrogens is 468 g/mol. The topological polar surface area (TPSA) is 64.3 Å². The molecule has 0 saturated heterocycles. The van der Waals surface area contributed by atoms with Crippen LogP contribution in [0.5, 0.6) is 0 Å². The Morgan fingerprint density at radius 1 is 0.861 bits per heavy atom. The van der Waals surface area contributed by atoms with Crippen LogP contribution in [0.2, 0.25) is 0 Å². The third kappa shape index (κ3) is 6.49. The van der Waals surface area contributed by atoms with E-state index in [2.05, 4.69) is 47.8 Å². The Hall–Kier alpha value is -1.92. The first-order chi connectivity index (χ1) is 17.2. The maximum absolute atomic E-state index is 10.4. The third-order valence-electron chi connectivity index (χ3n) is 8.60. The van der Waals surface area contributed by atoms with E-state index in [-0.39, 0.29) is 4.90 Å². The van der Waals surface area contributed by atoms with E-state index in [1.807, 2.05) is 6.92 Å². The van der Waals surface area contributed by atoms with Gasteiger partial charge in [0.15, 0.2) is 17.9 Å². The van der Waals surface area contributed by atoms with Crippen LogP contribution < -0.4 is 9.47 Å². The fraction of sp³-hybridized carbons (Fsp3) is 0.633. The quantitative estimate of drug-likeness (QED) is 0.296. The van der Waals surface area contributed by atoms with Gasteiger partial charge in [-0.2, -0.15) is 4.57 Å². The van der Waals surface area contributed by atoms with Gasteiger partial charge >= 0.3 is 0 Å². The summed E-state index contributed by atoms with van der Waals surface area (Å²) in [6, 6.07) is 10.6. The lowest BCUT2D eigenvalue weighted by Crippen LogP contribution is -2.64. The van der Waals surface area contributed by atoms with Crippen molar-refractivity contribution in [2.75, 3.05) is 18.0 Å². The number of pyridine rings is 1. The number of aromatic nitrogens is 1. The summed E-state index contributed by atoms with van der Waals surface area (Å²) < 4.78 is 33.8. The first kappa shape index (κ1) is 27.1. The van der Waals surface area contributed by atoms with Gasteiger partial charge in [-0.05, 0) is 68.9 Å². The Morgan fingerprint density at radius 2 is 1.33 bits per heavy atom. The van der Waals surface area contributed by atoms with E-state index in [9.17, 15) is 13.0 Å². The van der Waals surface area contributed by atoms with E-state index in [0.29, 0.717) is 5.54 Å². The molecule has 0 aliphatic heterocycles. The largest absolute Gasteiger partial charge is 0.744 e. The zero-order chi connectivity index (χ0) is 25.8. The number of hydrogen-bond acceptors (Lipinski definition) is 4. The molecule has 198 valence electrons. The van der Waals surface area contributed by atoms with E-state index in [1.165, 1.54) is 95.1 Å². The van der Waals surface area contributed by atoms with Gasteiger partial charge < -0.3 is 9.45 Å². The van der Waals surface area contributed by atoms with Crippen molar-refractivity contribution in [2.45, 2.75) is 95.4 Å². The van der Waals surface area contributed by atoms with E-state index >= 15 is 0 Å². The fourth-order valence-electron chi connectivity index (χ4n) is 7.10. The van der Waals surface area contributed by atoms with Crippen LogP contribution in [0.1, 0.15) is 83.6 Å². The van der Waals surface area contributed by atoms with Gasteiger partial charge in [-0.25, -0.2) is 8.42 Å². The van der Waals surface area contributed by atoms with Gasteiger partial charge in [0.05, 0.1) is 4.90 Å². The zero-order valence-corrected chi connectivity index (χ0v) is 23.2. The summed E-state index contributed by atoms with van der Waals surface area (Å²) >= 11 is 0. The lowest BCUT2D eigenvalue weighted by atomic mass is 9.53. The molecular formula is C30H44N2O3S. The van der Waals surface area contributed by atoms with Crippen LogP contribution in [0, 0.1) is 24.7 Å². The van der Waals surface area contributed by atoms with Crippen LogP contribution >= 0.6 is 0 Å². The Labute approximate surface area is 218 Å². The minimum absolute atomic E-state index is 0.178. The first-order valence-corrected chi connectivity index (χ1v) is 15.4. The van der Waals surface area contributed by atoms with Crippen LogP contribution in [0.15, 0.2) is 53.7 Å².